The number of nitrogens with one attached hydrogen (secondary N) is 1. The number of methoxy groups -OCH3 is 1. The van der Waals surface area contributed by atoms with Gasteiger partial charge >= 0.3 is 0 Å². The number of imidazole rings is 1. The van der Waals surface area contributed by atoms with Crippen molar-refractivity contribution in [2.75, 3.05) is 19.0 Å². The number of amides is 1. The van der Waals surface area contributed by atoms with E-state index in [-0.39, 0.29) is 35.4 Å². The molecule has 2 aromatic carbocycles. The van der Waals surface area contributed by atoms with Crippen LogP contribution in [0.5, 0.6) is 11.5 Å². The van der Waals surface area contributed by atoms with Crippen LogP contribution in [0.1, 0.15) is 18.3 Å². The van der Waals surface area contributed by atoms with Crippen molar-refractivity contribution in [1.29, 1.82) is 0 Å². The highest BCUT2D eigenvalue weighted by Crippen LogP contribution is 2.36. The number of ether oxygens (including phenoxy) is 2. The molecule has 4 aromatic rings. The van der Waals surface area contributed by atoms with Crippen LogP contribution in [0.25, 0.3) is 22.7 Å². The summed E-state index contributed by atoms with van der Waals surface area (Å²) in [5.74, 6) is 0.935. The predicted octanol–water partition coefficient (Wildman–Crippen LogP) is 3.81. The Bertz CT molecular complexity index is 1630. The largest absolute Gasteiger partial charge is 0.506 e. The van der Waals surface area contributed by atoms with Gasteiger partial charge in [-0.1, -0.05) is 42.1 Å². The fraction of sp³-hybridized carbons (Fsp3) is 0.148. The third kappa shape index (κ3) is 4.83. The normalized spacial score (nSPS) is 12.3. The maximum absolute atomic E-state index is 12.6. The Labute approximate surface area is 212 Å². The van der Waals surface area contributed by atoms with Crippen molar-refractivity contribution >= 4 is 34.6 Å². The summed E-state index contributed by atoms with van der Waals surface area (Å²) in [6.45, 7) is 2.27. The number of phenolic OH excluding ortho intramolecular Hbond substituents is 1. The number of anilines is 1. The number of benzene rings is 2. The van der Waals surface area contributed by atoms with E-state index in [4.69, 9.17) is 9.47 Å². The van der Waals surface area contributed by atoms with E-state index < -0.39 is 0 Å². The first-order chi connectivity index (χ1) is 18.1. The van der Waals surface area contributed by atoms with Crippen LogP contribution in [0.15, 0.2) is 77.3 Å². The summed E-state index contributed by atoms with van der Waals surface area (Å²) in [6.07, 6.45) is 3.19. The molecule has 0 spiro atoms. The third-order valence-electron chi connectivity index (χ3n) is 5.38. The monoisotopic (exact) mass is 494 g/mol. The van der Waals surface area contributed by atoms with Gasteiger partial charge in [-0.3, -0.25) is 9.36 Å². The lowest BCUT2D eigenvalue weighted by Gasteiger charge is -2.14. The molecule has 0 aliphatic carbocycles. The number of aliphatic imine (C=N–C) groups is 1. The van der Waals surface area contributed by atoms with E-state index in [9.17, 15) is 9.90 Å². The molecule has 0 unspecified atom stereocenters. The molecule has 1 aliphatic rings. The fourth-order valence-electron chi connectivity index (χ4n) is 3.82. The summed E-state index contributed by atoms with van der Waals surface area (Å²) in [6, 6.07) is 14.3. The van der Waals surface area contributed by atoms with Crippen LogP contribution >= 0.6 is 0 Å². The fourth-order valence-corrected chi connectivity index (χ4v) is 3.82. The molecule has 2 aromatic heterocycles. The average Bonchev–Trinajstić information content (AvgIpc) is 3.27. The van der Waals surface area contributed by atoms with E-state index in [1.54, 1.807) is 22.8 Å². The van der Waals surface area contributed by atoms with Crippen LogP contribution < -0.4 is 10.1 Å². The maximum Gasteiger partial charge on any atom is 0.229 e. The van der Waals surface area contributed by atoms with Crippen molar-refractivity contribution in [3.05, 3.63) is 83.7 Å². The van der Waals surface area contributed by atoms with Gasteiger partial charge in [0.05, 0.1) is 32.4 Å². The number of carbonyl (C=O) groups excluding carboxylic acids is 1. The molecule has 1 aliphatic heterocycles. The minimum Gasteiger partial charge on any atom is -0.506 e. The zero-order valence-electron chi connectivity index (χ0n) is 20.1. The second-order valence-corrected chi connectivity index (χ2v) is 7.86. The van der Waals surface area contributed by atoms with Gasteiger partial charge in [-0.2, -0.15) is 0 Å². The Morgan fingerprint density at radius 1 is 1.14 bits per heavy atom. The standard InChI is InChI=1S/C27H22N6O4/c1-3-37-23-14-7-11-18(29-23)26-32-25-27(33(26)24-19(34)12-8-13-20(24)36-2)28-16-21(31-25)30-22(35)15-17-9-5-4-6-10-17/h4-6,8-10,12-14,16,34H,3,15H2,1-2H3,(H,30,31,35). The summed E-state index contributed by atoms with van der Waals surface area (Å²) in [4.78, 5) is 30.7. The van der Waals surface area contributed by atoms with Crippen LogP contribution in [0.4, 0.5) is 5.82 Å². The first-order valence-corrected chi connectivity index (χ1v) is 11.5. The van der Waals surface area contributed by atoms with Gasteiger partial charge in [0.2, 0.25) is 11.8 Å². The van der Waals surface area contributed by atoms with Gasteiger partial charge in [-0.15, -0.1) is 0 Å². The summed E-state index contributed by atoms with van der Waals surface area (Å²) in [5.41, 5.74) is 7.82. The molecule has 0 saturated carbocycles. The van der Waals surface area contributed by atoms with Crippen molar-refractivity contribution < 1.29 is 19.4 Å². The van der Waals surface area contributed by atoms with Crippen molar-refractivity contribution in [2.45, 2.75) is 13.3 Å². The Kier molecular flexibility index (Phi) is 6.50. The molecule has 0 saturated heterocycles. The molecule has 37 heavy (non-hydrogen) atoms. The number of aromatic hydroxyl groups is 1. The number of phenols is 1. The maximum atomic E-state index is 12.6. The summed E-state index contributed by atoms with van der Waals surface area (Å²) >= 11 is 0. The van der Waals surface area contributed by atoms with Gasteiger partial charge < -0.3 is 19.9 Å². The third-order valence-corrected chi connectivity index (χ3v) is 5.38. The number of rotatable bonds is 7. The highest BCUT2D eigenvalue weighted by molar-refractivity contribution is 5.94. The van der Waals surface area contributed by atoms with Crippen LogP contribution in [0.2, 0.25) is 0 Å². The summed E-state index contributed by atoms with van der Waals surface area (Å²) in [7, 11) is 1.50. The lowest BCUT2D eigenvalue weighted by Crippen LogP contribution is -2.15. The SMILES string of the molecule is CCOC1=NC(c2nc3nc(NC(=O)Cc4ccccc4)cnc3n2-c2c(O)cccc2OC)=C=C=C1. The van der Waals surface area contributed by atoms with E-state index in [2.05, 4.69) is 36.7 Å². The highest BCUT2D eigenvalue weighted by Gasteiger charge is 2.24. The Morgan fingerprint density at radius 2 is 1.97 bits per heavy atom. The quantitative estimate of drug-likeness (QED) is 0.375. The second kappa shape index (κ2) is 10.2. The van der Waals surface area contributed by atoms with Gasteiger partial charge in [0.25, 0.3) is 0 Å². The minimum atomic E-state index is -0.240. The molecule has 0 atom stereocenters. The van der Waals surface area contributed by atoms with Crippen molar-refractivity contribution in [3.8, 4) is 17.2 Å². The minimum absolute atomic E-state index is 0.0631. The Morgan fingerprint density at radius 3 is 2.76 bits per heavy atom. The Hall–Kier alpha value is -5.17. The predicted molar refractivity (Wildman–Crippen MR) is 138 cm³/mol. The van der Waals surface area contributed by atoms with Crippen LogP contribution in [0.3, 0.4) is 0 Å². The van der Waals surface area contributed by atoms with Crippen molar-refractivity contribution in [2.24, 2.45) is 4.99 Å². The summed E-state index contributed by atoms with van der Waals surface area (Å²) in [5, 5.41) is 13.5. The Balaban J connectivity index is 1.61. The van der Waals surface area contributed by atoms with E-state index in [1.807, 2.05) is 37.3 Å². The van der Waals surface area contributed by atoms with Crippen molar-refractivity contribution in [3.63, 3.8) is 0 Å². The lowest BCUT2D eigenvalue weighted by atomic mass is 10.1. The number of hydrogen-bond acceptors (Lipinski definition) is 8. The molecule has 10 nitrogen and oxygen atoms in total. The van der Waals surface area contributed by atoms with Crippen molar-refractivity contribution in [1.82, 2.24) is 19.5 Å². The van der Waals surface area contributed by atoms with Gasteiger partial charge in [-0.25, -0.2) is 19.9 Å². The van der Waals surface area contributed by atoms with Gasteiger partial charge in [0.15, 0.2) is 28.6 Å². The molecule has 5 rings (SSSR count). The van der Waals surface area contributed by atoms with Crippen LogP contribution in [-0.2, 0) is 16.0 Å². The molecule has 0 bridgehead atoms. The zero-order chi connectivity index (χ0) is 25.8. The van der Waals surface area contributed by atoms with Gasteiger partial charge in [-0.05, 0) is 30.4 Å². The molecule has 10 heteroatoms. The number of aromatic nitrogens is 4. The number of para-hydroxylation sites is 1. The first kappa shape index (κ1) is 23.6. The topological polar surface area (TPSA) is 124 Å². The average molecular weight is 495 g/mol. The van der Waals surface area contributed by atoms with Crippen LogP contribution in [0, 0.1) is 0 Å². The zero-order valence-corrected chi connectivity index (χ0v) is 20.1. The second-order valence-electron chi connectivity index (χ2n) is 7.86. The molecule has 184 valence electrons. The van der Waals surface area contributed by atoms with Crippen LogP contribution in [-0.4, -0.2) is 50.1 Å². The number of hydrogen-bond donors (Lipinski definition) is 2. The molecular weight excluding hydrogens is 472 g/mol. The van der Waals surface area contributed by atoms with E-state index in [0.29, 0.717) is 35.3 Å². The molecule has 3 heterocycles. The molecule has 1 amide bonds. The molecular formula is C27H22N6O4. The smallest absolute Gasteiger partial charge is 0.229 e. The summed E-state index contributed by atoms with van der Waals surface area (Å²) < 4.78 is 12.6. The highest BCUT2D eigenvalue weighted by atomic mass is 16.5. The molecule has 0 radical (unpaired) electrons. The van der Waals surface area contributed by atoms with E-state index in [0.717, 1.165) is 5.56 Å². The molecule has 2 N–H and O–H groups in total. The van der Waals surface area contributed by atoms with Gasteiger partial charge in [0.1, 0.15) is 17.2 Å². The lowest BCUT2D eigenvalue weighted by molar-refractivity contribution is -0.115. The first-order valence-electron chi connectivity index (χ1n) is 11.5. The number of fused-ring (bicyclic) bond motifs is 1. The van der Waals surface area contributed by atoms with Gasteiger partial charge in [0, 0.05) is 0 Å². The molecule has 0 fully saturated rings. The van der Waals surface area contributed by atoms with E-state index in [1.165, 1.54) is 19.4 Å². The number of carbonyl (C=O) groups is 1. The van der Waals surface area contributed by atoms with E-state index >= 15 is 0 Å². The number of nitrogens with zero attached hydrogens (tertiary/aromatic N) is 5.